The van der Waals surface area contributed by atoms with Gasteiger partial charge in [-0.3, -0.25) is 4.79 Å². The molecule has 0 N–H and O–H groups in total. The lowest BCUT2D eigenvalue weighted by atomic mass is 10.3. The summed E-state index contributed by atoms with van der Waals surface area (Å²) < 4.78 is 0. The average molecular weight is 186 g/mol. The SMILES string of the molecule is CC(=O)CCN(C)CCCN(C)C. The van der Waals surface area contributed by atoms with Crippen molar-refractivity contribution in [2.75, 3.05) is 40.8 Å². The van der Waals surface area contributed by atoms with Gasteiger partial charge in [-0.25, -0.2) is 0 Å². The van der Waals surface area contributed by atoms with Crippen molar-refractivity contribution >= 4 is 5.78 Å². The lowest BCUT2D eigenvalue weighted by molar-refractivity contribution is -0.117. The molecule has 0 aliphatic rings. The van der Waals surface area contributed by atoms with E-state index in [4.69, 9.17) is 0 Å². The van der Waals surface area contributed by atoms with Crippen LogP contribution in [0.3, 0.4) is 0 Å². The Morgan fingerprint density at radius 3 is 2.15 bits per heavy atom. The second-order valence-corrected chi connectivity index (χ2v) is 3.91. The number of rotatable bonds is 7. The summed E-state index contributed by atoms with van der Waals surface area (Å²) in [6.07, 6.45) is 1.85. The van der Waals surface area contributed by atoms with E-state index in [9.17, 15) is 4.79 Å². The van der Waals surface area contributed by atoms with Crippen LogP contribution >= 0.6 is 0 Å². The molecule has 0 aromatic carbocycles. The minimum absolute atomic E-state index is 0.277. The number of nitrogens with zero attached hydrogens (tertiary/aromatic N) is 2. The first-order chi connectivity index (χ1) is 6.02. The molecule has 0 aliphatic carbocycles. The van der Waals surface area contributed by atoms with Crippen LogP contribution in [0.2, 0.25) is 0 Å². The van der Waals surface area contributed by atoms with Crippen LogP contribution < -0.4 is 0 Å². The zero-order valence-corrected chi connectivity index (χ0v) is 9.34. The van der Waals surface area contributed by atoms with Gasteiger partial charge in [0.2, 0.25) is 0 Å². The van der Waals surface area contributed by atoms with E-state index in [2.05, 4.69) is 30.9 Å². The summed E-state index contributed by atoms with van der Waals surface area (Å²) in [5.41, 5.74) is 0. The molecule has 0 saturated heterocycles. The fourth-order valence-electron chi connectivity index (χ4n) is 1.12. The van der Waals surface area contributed by atoms with Gasteiger partial charge < -0.3 is 9.80 Å². The van der Waals surface area contributed by atoms with Crippen molar-refractivity contribution in [1.29, 1.82) is 0 Å². The summed E-state index contributed by atoms with van der Waals surface area (Å²) >= 11 is 0. The van der Waals surface area contributed by atoms with Gasteiger partial charge in [0, 0.05) is 13.0 Å². The monoisotopic (exact) mass is 186 g/mol. The Morgan fingerprint density at radius 1 is 1.08 bits per heavy atom. The molecule has 0 heterocycles. The second-order valence-electron chi connectivity index (χ2n) is 3.91. The van der Waals surface area contributed by atoms with Crippen LogP contribution in [0.15, 0.2) is 0 Å². The van der Waals surface area contributed by atoms with Crippen LogP contribution in [0.1, 0.15) is 19.8 Å². The minimum Gasteiger partial charge on any atom is -0.309 e. The van der Waals surface area contributed by atoms with Gasteiger partial charge in [0.15, 0.2) is 0 Å². The smallest absolute Gasteiger partial charge is 0.131 e. The molecule has 0 atom stereocenters. The van der Waals surface area contributed by atoms with Gasteiger partial charge in [0.05, 0.1) is 0 Å². The zero-order chi connectivity index (χ0) is 10.3. The zero-order valence-electron chi connectivity index (χ0n) is 9.34. The Bertz CT molecular complexity index is 146. The molecule has 78 valence electrons. The quantitative estimate of drug-likeness (QED) is 0.589. The Kier molecular flexibility index (Phi) is 6.82. The van der Waals surface area contributed by atoms with Crippen molar-refractivity contribution in [2.24, 2.45) is 0 Å². The van der Waals surface area contributed by atoms with E-state index in [1.807, 2.05) is 0 Å². The molecule has 3 heteroatoms. The number of hydrogen-bond donors (Lipinski definition) is 0. The number of carbonyl (C=O) groups is 1. The van der Waals surface area contributed by atoms with E-state index in [0.29, 0.717) is 6.42 Å². The lowest BCUT2D eigenvalue weighted by Gasteiger charge is -2.17. The van der Waals surface area contributed by atoms with E-state index in [0.717, 1.165) is 19.6 Å². The molecule has 0 aromatic rings. The van der Waals surface area contributed by atoms with Gasteiger partial charge in [0.25, 0.3) is 0 Å². The fraction of sp³-hybridized carbons (Fsp3) is 0.900. The Labute approximate surface area is 81.7 Å². The standard InChI is InChI=1S/C10H22N2O/c1-10(13)6-9-12(4)8-5-7-11(2)3/h5-9H2,1-4H3. The van der Waals surface area contributed by atoms with E-state index in [1.165, 1.54) is 6.42 Å². The predicted octanol–water partition coefficient (Wildman–Crippen LogP) is 0.849. The van der Waals surface area contributed by atoms with E-state index < -0.39 is 0 Å². The lowest BCUT2D eigenvalue weighted by Crippen LogP contribution is -2.25. The van der Waals surface area contributed by atoms with Crippen LogP contribution in [-0.4, -0.2) is 56.4 Å². The molecule has 0 saturated carbocycles. The topological polar surface area (TPSA) is 23.6 Å². The van der Waals surface area contributed by atoms with Crippen molar-refractivity contribution in [3.05, 3.63) is 0 Å². The summed E-state index contributed by atoms with van der Waals surface area (Å²) in [5, 5.41) is 0. The third-order valence-corrected chi connectivity index (χ3v) is 1.99. The summed E-state index contributed by atoms with van der Waals surface area (Å²) in [6.45, 7) is 4.73. The van der Waals surface area contributed by atoms with Crippen molar-refractivity contribution < 1.29 is 4.79 Å². The molecule has 0 amide bonds. The van der Waals surface area contributed by atoms with Crippen LogP contribution in [0.25, 0.3) is 0 Å². The van der Waals surface area contributed by atoms with Gasteiger partial charge in [-0.15, -0.1) is 0 Å². The summed E-state index contributed by atoms with van der Waals surface area (Å²) in [5.74, 6) is 0.277. The third kappa shape index (κ3) is 9.50. The first-order valence-corrected chi connectivity index (χ1v) is 4.85. The first kappa shape index (κ1) is 12.6. The summed E-state index contributed by atoms with van der Waals surface area (Å²) in [6, 6.07) is 0. The molecular formula is C10H22N2O. The molecule has 0 aromatic heterocycles. The number of carbonyl (C=O) groups excluding carboxylic acids is 1. The highest BCUT2D eigenvalue weighted by Crippen LogP contribution is 1.92. The number of ketones is 1. The van der Waals surface area contributed by atoms with Crippen molar-refractivity contribution in [3.63, 3.8) is 0 Å². The highest BCUT2D eigenvalue weighted by molar-refractivity contribution is 5.75. The van der Waals surface area contributed by atoms with Gasteiger partial charge in [-0.1, -0.05) is 0 Å². The normalized spacial score (nSPS) is 11.2. The Morgan fingerprint density at radius 2 is 1.69 bits per heavy atom. The largest absolute Gasteiger partial charge is 0.309 e. The van der Waals surface area contributed by atoms with Crippen LogP contribution in [0, 0.1) is 0 Å². The maximum atomic E-state index is 10.7. The molecule has 0 aliphatic heterocycles. The molecule has 0 rings (SSSR count). The number of Topliss-reactive ketones (excluding diaryl/α,β-unsaturated/α-hetero) is 1. The molecule has 0 bridgehead atoms. The number of hydrogen-bond acceptors (Lipinski definition) is 3. The van der Waals surface area contributed by atoms with Crippen molar-refractivity contribution in [1.82, 2.24) is 9.80 Å². The van der Waals surface area contributed by atoms with Gasteiger partial charge in [-0.2, -0.15) is 0 Å². The molecule has 0 fully saturated rings. The Balaban J connectivity index is 3.30. The highest BCUT2D eigenvalue weighted by atomic mass is 16.1. The van der Waals surface area contributed by atoms with Gasteiger partial charge in [0.1, 0.15) is 5.78 Å². The van der Waals surface area contributed by atoms with Crippen molar-refractivity contribution in [3.8, 4) is 0 Å². The molecule has 0 spiro atoms. The van der Waals surface area contributed by atoms with Crippen molar-refractivity contribution in [2.45, 2.75) is 19.8 Å². The maximum absolute atomic E-state index is 10.7. The maximum Gasteiger partial charge on any atom is 0.131 e. The average Bonchev–Trinajstić information content (AvgIpc) is 2.00. The third-order valence-electron chi connectivity index (χ3n) is 1.99. The van der Waals surface area contributed by atoms with Crippen LogP contribution in [0.4, 0.5) is 0 Å². The van der Waals surface area contributed by atoms with E-state index >= 15 is 0 Å². The van der Waals surface area contributed by atoms with Crippen LogP contribution in [0.5, 0.6) is 0 Å². The first-order valence-electron chi connectivity index (χ1n) is 4.85. The highest BCUT2D eigenvalue weighted by Gasteiger charge is 2.00. The second kappa shape index (κ2) is 7.04. The molecule has 3 nitrogen and oxygen atoms in total. The molecule has 0 radical (unpaired) electrons. The summed E-state index contributed by atoms with van der Waals surface area (Å²) in [7, 11) is 6.23. The van der Waals surface area contributed by atoms with Crippen LogP contribution in [-0.2, 0) is 4.79 Å². The van der Waals surface area contributed by atoms with E-state index in [-0.39, 0.29) is 5.78 Å². The fourth-order valence-corrected chi connectivity index (χ4v) is 1.12. The van der Waals surface area contributed by atoms with E-state index in [1.54, 1.807) is 6.92 Å². The predicted molar refractivity (Wildman–Crippen MR) is 56.0 cm³/mol. The van der Waals surface area contributed by atoms with Gasteiger partial charge in [-0.05, 0) is 47.6 Å². The molecule has 0 unspecified atom stereocenters. The molecular weight excluding hydrogens is 164 g/mol. The molecule has 13 heavy (non-hydrogen) atoms. The van der Waals surface area contributed by atoms with Gasteiger partial charge >= 0.3 is 0 Å². The summed E-state index contributed by atoms with van der Waals surface area (Å²) in [4.78, 5) is 15.1. The Hall–Kier alpha value is -0.410. The minimum atomic E-state index is 0.277.